The van der Waals surface area contributed by atoms with E-state index in [1.54, 1.807) is 12.4 Å². The van der Waals surface area contributed by atoms with Crippen LogP contribution in [0.4, 0.5) is 9.59 Å². The summed E-state index contributed by atoms with van der Waals surface area (Å²) in [5, 5.41) is 9.44. The second kappa shape index (κ2) is 19.3. The average molecular weight is 594 g/mol. The number of urea groups is 2. The molecule has 0 aliphatic rings. The van der Waals surface area contributed by atoms with Crippen molar-refractivity contribution >= 4 is 46.3 Å². The number of carbonyl (C=O) groups excluding carboxylic acids is 2. The Kier molecular flexibility index (Phi) is 19.7. The van der Waals surface area contributed by atoms with Crippen molar-refractivity contribution in [3.63, 3.8) is 0 Å². The van der Waals surface area contributed by atoms with Crippen LogP contribution in [0.25, 0.3) is 21.8 Å². The van der Waals surface area contributed by atoms with Crippen LogP contribution >= 0.6 is 0 Å². The molecule has 2 aromatic carbocycles. The van der Waals surface area contributed by atoms with Crippen LogP contribution in [-0.2, 0) is 16.8 Å². The van der Waals surface area contributed by atoms with Crippen LogP contribution in [-0.4, -0.2) is 45.4 Å². The van der Waals surface area contributed by atoms with Gasteiger partial charge >= 0.3 is 28.8 Å². The van der Waals surface area contributed by atoms with E-state index < -0.39 is 12.1 Å². The van der Waals surface area contributed by atoms with Gasteiger partial charge in [-0.1, -0.05) is 48.5 Å². The van der Waals surface area contributed by atoms with Crippen LogP contribution in [0.2, 0.25) is 0 Å². The molecule has 0 aliphatic heterocycles. The topological polar surface area (TPSA) is 224 Å². The molecule has 15 heteroatoms. The van der Waals surface area contributed by atoms with Gasteiger partial charge in [0.1, 0.15) is 0 Å². The number of nitrogens with one attached hydrogen (secondary N) is 2. The van der Waals surface area contributed by atoms with E-state index in [0.29, 0.717) is 0 Å². The van der Waals surface area contributed by atoms with Crippen molar-refractivity contribution in [2.45, 2.75) is 0 Å². The average Bonchev–Trinajstić information content (AvgIpc) is 2.79. The summed E-state index contributed by atoms with van der Waals surface area (Å²) in [5.74, 6) is 0. The Hall–Kier alpha value is -3.85. The van der Waals surface area contributed by atoms with E-state index in [-0.39, 0.29) is 52.5 Å². The van der Waals surface area contributed by atoms with Crippen LogP contribution < -0.4 is 47.1 Å². The van der Waals surface area contributed by atoms with Crippen molar-refractivity contribution in [1.82, 2.24) is 20.8 Å². The van der Waals surface area contributed by atoms with E-state index in [9.17, 15) is 9.59 Å². The van der Waals surface area contributed by atoms with Gasteiger partial charge in [-0.25, -0.2) is 20.4 Å². The smallest absolute Gasteiger partial charge is 1.00 e. The molecule has 4 amide bonds. The second-order valence-electron chi connectivity index (χ2n) is 6.31. The summed E-state index contributed by atoms with van der Waals surface area (Å²) in [4.78, 5) is 29.4. The summed E-state index contributed by atoms with van der Waals surface area (Å²) in [7, 11) is 0. The molecular formula is C22H24Cl2CoN8O4. The summed E-state index contributed by atoms with van der Waals surface area (Å²) < 4.78 is 0. The van der Waals surface area contributed by atoms with Crippen molar-refractivity contribution in [3.05, 3.63) is 84.2 Å². The number of benzene rings is 2. The third-order valence-electron chi connectivity index (χ3n) is 4.08. The Morgan fingerprint density at radius 1 is 0.676 bits per heavy atom. The van der Waals surface area contributed by atoms with Gasteiger partial charge in [-0.2, -0.15) is 10.2 Å². The number of carbonyl (C=O) groups is 2. The number of fused-ring (bicyclic) bond motifs is 2. The quantitative estimate of drug-likeness (QED) is 0.134. The fourth-order valence-corrected chi connectivity index (χ4v) is 2.79. The molecule has 10 N–H and O–H groups in total. The fraction of sp³-hybridized carbons (Fsp3) is 0. The molecular weight excluding hydrogens is 570 g/mol. The molecule has 12 nitrogen and oxygen atoms in total. The first kappa shape index (κ1) is 37.7. The molecule has 0 aliphatic carbocycles. The molecule has 0 bridgehead atoms. The number of nitrogens with two attached hydrogens (primary N) is 2. The van der Waals surface area contributed by atoms with Crippen LogP contribution in [0.15, 0.2) is 83.3 Å². The number of amides is 4. The Morgan fingerprint density at radius 3 is 1.38 bits per heavy atom. The number of halogens is 2. The fourth-order valence-electron chi connectivity index (χ4n) is 2.79. The van der Waals surface area contributed by atoms with Gasteiger partial charge in [0.15, 0.2) is 0 Å². The first-order valence-corrected chi connectivity index (χ1v) is 9.39. The van der Waals surface area contributed by atoms with Crippen LogP contribution in [0.1, 0.15) is 11.1 Å². The number of primary amides is 2. The number of hydrogen-bond acceptors (Lipinski definition) is 6. The summed E-state index contributed by atoms with van der Waals surface area (Å²) in [6.45, 7) is 0. The Bertz CT molecular complexity index is 1220. The maximum Gasteiger partial charge on any atom is 2.00 e. The molecule has 1 radical (unpaired) electrons. The summed E-state index contributed by atoms with van der Waals surface area (Å²) in [6, 6.07) is 17.7. The zero-order valence-electron chi connectivity index (χ0n) is 18.9. The minimum atomic E-state index is -0.690. The van der Waals surface area contributed by atoms with Gasteiger partial charge in [-0.15, -0.1) is 0 Å². The van der Waals surface area contributed by atoms with Gasteiger partial charge in [0.05, 0.1) is 23.5 Å². The van der Waals surface area contributed by atoms with Crippen molar-refractivity contribution < 1.29 is 62.1 Å². The summed E-state index contributed by atoms with van der Waals surface area (Å²) in [5.41, 5.74) is 17.4. The number of hydrazone groups is 2. The first-order chi connectivity index (χ1) is 15.5. The maximum atomic E-state index is 10.4. The molecule has 4 aromatic rings. The monoisotopic (exact) mass is 593 g/mol. The number of nitrogens with zero attached hydrogens (tertiary/aromatic N) is 4. The molecule has 37 heavy (non-hydrogen) atoms. The van der Waals surface area contributed by atoms with Gasteiger partial charge in [-0.05, 0) is 12.1 Å². The number of hydrogen-bond donors (Lipinski definition) is 4. The molecule has 0 fully saturated rings. The molecule has 0 atom stereocenters. The van der Waals surface area contributed by atoms with Gasteiger partial charge in [0.2, 0.25) is 0 Å². The number of pyridine rings is 2. The van der Waals surface area contributed by atoms with Crippen LogP contribution in [0, 0.1) is 0 Å². The minimum absolute atomic E-state index is 0. The third-order valence-corrected chi connectivity index (χ3v) is 4.08. The van der Waals surface area contributed by atoms with Gasteiger partial charge in [0, 0.05) is 34.3 Å². The Labute approximate surface area is 234 Å². The van der Waals surface area contributed by atoms with E-state index in [2.05, 4.69) is 31.0 Å². The minimum Gasteiger partial charge on any atom is -1.00 e. The molecule has 4 rings (SSSR count). The SMILES string of the molecule is NC(=O)N/N=C/c1cccc2cccnc12.NC(=O)N/N=C/c1cccc2cccnc12.O.O.[Cl-].[Cl-].[Co+2]. The van der Waals surface area contributed by atoms with Crippen molar-refractivity contribution in [1.29, 1.82) is 0 Å². The molecule has 0 unspecified atom stereocenters. The van der Waals surface area contributed by atoms with Crippen molar-refractivity contribution in [2.24, 2.45) is 21.7 Å². The predicted octanol–water partition coefficient (Wildman–Crippen LogP) is -5.17. The number of aromatic nitrogens is 2. The summed E-state index contributed by atoms with van der Waals surface area (Å²) in [6.07, 6.45) is 6.45. The van der Waals surface area contributed by atoms with E-state index in [0.717, 1.165) is 32.9 Å². The largest absolute Gasteiger partial charge is 2.00 e. The van der Waals surface area contributed by atoms with Crippen molar-refractivity contribution in [2.75, 3.05) is 0 Å². The molecule has 0 saturated heterocycles. The zero-order chi connectivity index (χ0) is 22.8. The van der Waals surface area contributed by atoms with E-state index in [4.69, 9.17) is 11.5 Å². The zero-order valence-corrected chi connectivity index (χ0v) is 21.5. The Morgan fingerprint density at radius 2 is 1.03 bits per heavy atom. The van der Waals surface area contributed by atoms with Crippen LogP contribution in [0.5, 0.6) is 0 Å². The van der Waals surface area contributed by atoms with Gasteiger partial charge in [0.25, 0.3) is 0 Å². The van der Waals surface area contributed by atoms with E-state index in [1.165, 1.54) is 12.4 Å². The number of para-hydroxylation sites is 2. The Balaban J connectivity index is -0.000000550. The van der Waals surface area contributed by atoms with E-state index in [1.807, 2.05) is 60.7 Å². The molecule has 0 saturated carbocycles. The standard InChI is InChI=1S/2C11H10N4O.2ClH.Co.2H2O/c2*12-11(16)15-14-7-9-4-1-3-8-5-2-6-13-10(8)9;;;;;/h2*1-7H,(H3,12,15,16);2*1H;;2*1H2/q;;;;+2;;/p-2/b2*14-7+;;;;;. The second-order valence-corrected chi connectivity index (χ2v) is 6.31. The normalized spacial score (nSPS) is 9.30. The molecule has 199 valence electrons. The van der Waals surface area contributed by atoms with Crippen LogP contribution in [0.3, 0.4) is 0 Å². The molecule has 2 aromatic heterocycles. The molecule has 0 spiro atoms. The molecule has 2 heterocycles. The first-order valence-electron chi connectivity index (χ1n) is 9.39. The van der Waals surface area contributed by atoms with Gasteiger partial charge in [-0.3, -0.25) is 9.97 Å². The third kappa shape index (κ3) is 11.6. The van der Waals surface area contributed by atoms with E-state index >= 15 is 0 Å². The maximum absolute atomic E-state index is 10.4. The van der Waals surface area contributed by atoms with Gasteiger partial charge < -0.3 is 47.2 Å². The summed E-state index contributed by atoms with van der Waals surface area (Å²) >= 11 is 0. The predicted molar refractivity (Wildman–Crippen MR) is 131 cm³/mol. The number of rotatable bonds is 4. The van der Waals surface area contributed by atoms with Crippen molar-refractivity contribution in [3.8, 4) is 0 Å².